The van der Waals surface area contributed by atoms with Crippen LogP contribution in [0.4, 0.5) is 5.82 Å². The standard InChI is InChI=1S/C18H25N5O3/c1-12-15(11-25-2)17(22-26-12)18(24)23-6-3-4-13(5-7-23)8-14-9-21-16(19)10-20-14/h9-10,13H,3-8,11H2,1-2H3,(H2,19,21). The highest BCUT2D eigenvalue weighted by atomic mass is 16.5. The number of rotatable bonds is 5. The van der Waals surface area contributed by atoms with Crippen LogP contribution < -0.4 is 5.73 Å². The maximum Gasteiger partial charge on any atom is 0.276 e. The SMILES string of the molecule is COCc1c(C(=O)N2CCCC(Cc3cnc(N)cn3)CC2)noc1C. The van der Waals surface area contributed by atoms with E-state index in [2.05, 4.69) is 15.1 Å². The first-order valence-electron chi connectivity index (χ1n) is 8.88. The lowest BCUT2D eigenvalue weighted by Crippen LogP contribution is -2.33. The van der Waals surface area contributed by atoms with E-state index in [4.69, 9.17) is 15.0 Å². The molecule has 1 fully saturated rings. The number of amides is 1. The number of hydrogen-bond acceptors (Lipinski definition) is 7. The topological polar surface area (TPSA) is 107 Å². The summed E-state index contributed by atoms with van der Waals surface area (Å²) in [6, 6.07) is 0. The minimum Gasteiger partial charge on any atom is -0.382 e. The number of aromatic nitrogens is 3. The van der Waals surface area contributed by atoms with Gasteiger partial charge in [-0.3, -0.25) is 9.78 Å². The van der Waals surface area contributed by atoms with Crippen molar-refractivity contribution in [2.75, 3.05) is 25.9 Å². The number of anilines is 1. The molecule has 0 spiro atoms. The summed E-state index contributed by atoms with van der Waals surface area (Å²) in [6.45, 7) is 3.54. The van der Waals surface area contributed by atoms with Crippen molar-refractivity contribution < 1.29 is 14.1 Å². The van der Waals surface area contributed by atoms with Crippen LogP contribution in [-0.2, 0) is 17.8 Å². The van der Waals surface area contributed by atoms with Gasteiger partial charge in [-0.15, -0.1) is 0 Å². The van der Waals surface area contributed by atoms with E-state index in [-0.39, 0.29) is 5.91 Å². The lowest BCUT2D eigenvalue weighted by atomic mass is 9.95. The first-order valence-corrected chi connectivity index (χ1v) is 8.88. The van der Waals surface area contributed by atoms with Crippen molar-refractivity contribution in [1.29, 1.82) is 0 Å². The first-order chi connectivity index (χ1) is 12.6. The molecular weight excluding hydrogens is 334 g/mol. The average molecular weight is 359 g/mol. The van der Waals surface area contributed by atoms with Crippen molar-refractivity contribution >= 4 is 11.7 Å². The zero-order valence-electron chi connectivity index (χ0n) is 15.3. The van der Waals surface area contributed by atoms with Gasteiger partial charge in [-0.25, -0.2) is 4.98 Å². The Hall–Kier alpha value is -2.48. The lowest BCUT2D eigenvalue weighted by molar-refractivity contribution is 0.0745. The Morgan fingerprint density at radius 3 is 2.92 bits per heavy atom. The summed E-state index contributed by atoms with van der Waals surface area (Å²) in [6.07, 6.45) is 7.11. The Morgan fingerprint density at radius 2 is 2.19 bits per heavy atom. The molecule has 2 aromatic rings. The van der Waals surface area contributed by atoms with Crippen LogP contribution in [0.2, 0.25) is 0 Å². The predicted molar refractivity (Wildman–Crippen MR) is 95.3 cm³/mol. The molecule has 8 heteroatoms. The third kappa shape index (κ3) is 4.19. The number of ether oxygens (including phenoxy) is 1. The highest BCUT2D eigenvalue weighted by Crippen LogP contribution is 2.23. The molecule has 0 bridgehead atoms. The van der Waals surface area contributed by atoms with Crippen molar-refractivity contribution in [3.05, 3.63) is 35.1 Å². The summed E-state index contributed by atoms with van der Waals surface area (Å²) in [5, 5.41) is 3.96. The summed E-state index contributed by atoms with van der Waals surface area (Å²) in [5.74, 6) is 1.45. The summed E-state index contributed by atoms with van der Waals surface area (Å²) < 4.78 is 10.4. The second kappa shape index (κ2) is 8.27. The van der Waals surface area contributed by atoms with Gasteiger partial charge in [0.2, 0.25) is 0 Å². The average Bonchev–Trinajstić information content (AvgIpc) is 2.85. The molecule has 2 aromatic heterocycles. The Morgan fingerprint density at radius 1 is 1.35 bits per heavy atom. The van der Waals surface area contributed by atoms with Gasteiger partial charge in [0.05, 0.1) is 30.3 Å². The maximum absolute atomic E-state index is 12.9. The molecule has 2 N–H and O–H groups in total. The third-order valence-corrected chi connectivity index (χ3v) is 4.83. The Bertz CT molecular complexity index is 744. The largest absolute Gasteiger partial charge is 0.382 e. The van der Waals surface area contributed by atoms with Gasteiger partial charge in [-0.1, -0.05) is 5.16 Å². The number of nitrogens with two attached hydrogens (primary N) is 1. The fourth-order valence-corrected chi connectivity index (χ4v) is 3.36. The number of carbonyl (C=O) groups is 1. The second-order valence-electron chi connectivity index (χ2n) is 6.72. The van der Waals surface area contributed by atoms with Gasteiger partial charge in [0.15, 0.2) is 5.69 Å². The van der Waals surface area contributed by atoms with Crippen LogP contribution in [0.5, 0.6) is 0 Å². The number of nitrogen functional groups attached to an aromatic ring is 1. The zero-order valence-corrected chi connectivity index (χ0v) is 15.3. The molecule has 26 heavy (non-hydrogen) atoms. The van der Waals surface area contributed by atoms with Gasteiger partial charge in [0, 0.05) is 20.2 Å². The van der Waals surface area contributed by atoms with E-state index in [0.717, 1.165) is 43.5 Å². The summed E-state index contributed by atoms with van der Waals surface area (Å²) in [5.41, 5.74) is 7.63. The van der Waals surface area contributed by atoms with Gasteiger partial charge in [-0.2, -0.15) is 0 Å². The van der Waals surface area contributed by atoms with Crippen molar-refractivity contribution in [2.24, 2.45) is 5.92 Å². The van der Waals surface area contributed by atoms with Gasteiger partial charge in [0.1, 0.15) is 11.6 Å². The lowest BCUT2D eigenvalue weighted by Gasteiger charge is -2.20. The third-order valence-electron chi connectivity index (χ3n) is 4.83. The number of carbonyl (C=O) groups excluding carboxylic acids is 1. The van der Waals surface area contributed by atoms with Gasteiger partial charge < -0.3 is 19.9 Å². The van der Waals surface area contributed by atoms with Crippen LogP contribution in [0.3, 0.4) is 0 Å². The van der Waals surface area contributed by atoms with Crippen molar-refractivity contribution in [3.63, 3.8) is 0 Å². The van der Waals surface area contributed by atoms with Crippen LogP contribution in [-0.4, -0.2) is 46.1 Å². The molecule has 0 aliphatic carbocycles. The van der Waals surface area contributed by atoms with Crippen LogP contribution in [0.25, 0.3) is 0 Å². The van der Waals surface area contributed by atoms with Crippen molar-refractivity contribution in [3.8, 4) is 0 Å². The van der Waals surface area contributed by atoms with Crippen LogP contribution in [0.1, 0.15) is 46.8 Å². The van der Waals surface area contributed by atoms with Gasteiger partial charge >= 0.3 is 0 Å². The smallest absolute Gasteiger partial charge is 0.276 e. The predicted octanol–water partition coefficient (Wildman–Crippen LogP) is 1.99. The van der Waals surface area contributed by atoms with Gasteiger partial charge in [-0.05, 0) is 38.5 Å². The van der Waals surface area contributed by atoms with E-state index in [1.54, 1.807) is 26.4 Å². The number of likely N-dealkylation sites (tertiary alicyclic amines) is 1. The van der Waals surface area contributed by atoms with E-state index >= 15 is 0 Å². The Kier molecular flexibility index (Phi) is 5.82. The van der Waals surface area contributed by atoms with Crippen LogP contribution in [0.15, 0.2) is 16.9 Å². The molecule has 0 radical (unpaired) electrons. The normalized spacial score (nSPS) is 17.9. The van der Waals surface area contributed by atoms with E-state index in [1.807, 2.05) is 4.90 Å². The Labute approximate surface area is 152 Å². The molecule has 8 nitrogen and oxygen atoms in total. The quantitative estimate of drug-likeness (QED) is 0.869. The number of aryl methyl sites for hydroxylation is 1. The molecule has 140 valence electrons. The molecule has 0 saturated carbocycles. The minimum atomic E-state index is -0.0816. The highest BCUT2D eigenvalue weighted by Gasteiger charge is 2.27. The molecule has 1 atom stereocenters. The van der Waals surface area contributed by atoms with E-state index in [0.29, 0.717) is 36.3 Å². The van der Waals surface area contributed by atoms with Crippen LogP contribution in [0, 0.1) is 12.8 Å². The summed E-state index contributed by atoms with van der Waals surface area (Å²) in [7, 11) is 1.59. The maximum atomic E-state index is 12.9. The number of nitrogens with zero attached hydrogens (tertiary/aromatic N) is 4. The zero-order chi connectivity index (χ0) is 18.5. The van der Waals surface area contributed by atoms with Crippen molar-refractivity contribution in [2.45, 2.75) is 39.2 Å². The van der Waals surface area contributed by atoms with Gasteiger partial charge in [0.25, 0.3) is 5.91 Å². The molecule has 1 saturated heterocycles. The van der Waals surface area contributed by atoms with Crippen molar-refractivity contribution in [1.82, 2.24) is 20.0 Å². The van der Waals surface area contributed by atoms with Crippen LogP contribution >= 0.6 is 0 Å². The van der Waals surface area contributed by atoms with E-state index in [1.165, 1.54) is 0 Å². The molecule has 1 aliphatic rings. The summed E-state index contributed by atoms with van der Waals surface area (Å²) >= 11 is 0. The molecule has 3 rings (SSSR count). The fraction of sp³-hybridized carbons (Fsp3) is 0.556. The fourth-order valence-electron chi connectivity index (χ4n) is 3.36. The number of methoxy groups -OCH3 is 1. The van der Waals surface area contributed by atoms with E-state index in [9.17, 15) is 4.79 Å². The molecule has 1 amide bonds. The molecule has 1 aliphatic heterocycles. The summed E-state index contributed by atoms with van der Waals surface area (Å²) in [4.78, 5) is 23.2. The van der Waals surface area contributed by atoms with E-state index < -0.39 is 0 Å². The monoisotopic (exact) mass is 359 g/mol. The molecule has 0 aromatic carbocycles. The molecule has 3 heterocycles. The highest BCUT2D eigenvalue weighted by molar-refractivity contribution is 5.93. The first kappa shape index (κ1) is 18.3. The minimum absolute atomic E-state index is 0.0816. The molecule has 1 unspecified atom stereocenters. The molecular formula is C18H25N5O3. The Balaban J connectivity index is 1.63. The number of hydrogen-bond donors (Lipinski definition) is 1. The second-order valence-corrected chi connectivity index (χ2v) is 6.72.